The lowest BCUT2D eigenvalue weighted by Crippen LogP contribution is -2.39. The molecule has 0 spiro atoms. The molecule has 4 heterocycles. The lowest BCUT2D eigenvalue weighted by Gasteiger charge is -2.18. The van der Waals surface area contributed by atoms with Crippen molar-refractivity contribution in [2.75, 3.05) is 20.1 Å². The summed E-state index contributed by atoms with van der Waals surface area (Å²) in [6.07, 6.45) is 6.30. The van der Waals surface area contributed by atoms with E-state index in [1.807, 2.05) is 29.8 Å². The van der Waals surface area contributed by atoms with E-state index in [0.717, 1.165) is 30.6 Å². The number of fused-ring (bicyclic) bond motifs is 1. The Kier molecular flexibility index (Phi) is 2.60. The predicted molar refractivity (Wildman–Crippen MR) is 76.5 cm³/mol. The van der Waals surface area contributed by atoms with Gasteiger partial charge < -0.3 is 19.6 Å². The Hall–Kier alpha value is -2.25. The SMILES string of the molecule is CN1CCC(N)(c2nc(-c3ccn4cncc4c3)no2)C1. The summed E-state index contributed by atoms with van der Waals surface area (Å²) >= 11 is 0. The standard InChI is InChI=1S/C14H16N6O/c1-19-5-3-14(15,8-19)13-17-12(18-21-13)10-2-4-20-9-16-7-11(20)6-10/h2,4,6-7,9H,3,5,8,15H2,1H3. The second-order valence-corrected chi connectivity index (χ2v) is 5.71. The molecule has 0 amide bonds. The van der Waals surface area contributed by atoms with Crippen LogP contribution in [0.25, 0.3) is 16.9 Å². The van der Waals surface area contributed by atoms with Crippen LogP contribution in [-0.2, 0) is 5.54 Å². The van der Waals surface area contributed by atoms with E-state index >= 15 is 0 Å². The zero-order valence-corrected chi connectivity index (χ0v) is 11.7. The Balaban J connectivity index is 1.70. The summed E-state index contributed by atoms with van der Waals surface area (Å²) in [6, 6.07) is 3.92. The van der Waals surface area contributed by atoms with Crippen LogP contribution in [0.1, 0.15) is 12.3 Å². The number of likely N-dealkylation sites (N-methyl/N-ethyl adjacent to an activating group) is 1. The lowest BCUT2D eigenvalue weighted by atomic mass is 10.0. The smallest absolute Gasteiger partial charge is 0.248 e. The van der Waals surface area contributed by atoms with Crippen molar-refractivity contribution >= 4 is 5.52 Å². The molecule has 1 aliphatic rings. The summed E-state index contributed by atoms with van der Waals surface area (Å²) in [5, 5.41) is 4.08. The van der Waals surface area contributed by atoms with Gasteiger partial charge in [-0.05, 0) is 25.6 Å². The van der Waals surface area contributed by atoms with Crippen molar-refractivity contribution in [1.82, 2.24) is 24.4 Å². The molecule has 108 valence electrons. The number of imidazole rings is 1. The third-order valence-electron chi connectivity index (χ3n) is 4.02. The minimum atomic E-state index is -0.541. The molecular weight excluding hydrogens is 268 g/mol. The fourth-order valence-electron chi connectivity index (χ4n) is 2.81. The topological polar surface area (TPSA) is 85.5 Å². The largest absolute Gasteiger partial charge is 0.337 e. The third kappa shape index (κ3) is 2.01. The quantitative estimate of drug-likeness (QED) is 0.751. The fourth-order valence-corrected chi connectivity index (χ4v) is 2.81. The van der Waals surface area contributed by atoms with Crippen LogP contribution in [0, 0.1) is 0 Å². The van der Waals surface area contributed by atoms with Crippen LogP contribution < -0.4 is 5.73 Å². The lowest BCUT2D eigenvalue weighted by molar-refractivity contribution is 0.278. The molecule has 1 aliphatic heterocycles. The molecule has 1 unspecified atom stereocenters. The molecular formula is C14H16N6O. The first kappa shape index (κ1) is 12.5. The van der Waals surface area contributed by atoms with E-state index < -0.39 is 5.54 Å². The highest BCUT2D eigenvalue weighted by molar-refractivity contribution is 5.62. The van der Waals surface area contributed by atoms with Gasteiger partial charge in [0.25, 0.3) is 0 Å². The van der Waals surface area contributed by atoms with E-state index in [4.69, 9.17) is 10.3 Å². The fraction of sp³-hybridized carbons (Fsp3) is 0.357. The second-order valence-electron chi connectivity index (χ2n) is 5.71. The highest BCUT2D eigenvalue weighted by Gasteiger charge is 2.39. The Morgan fingerprint density at radius 2 is 2.33 bits per heavy atom. The summed E-state index contributed by atoms with van der Waals surface area (Å²) in [4.78, 5) is 10.8. The summed E-state index contributed by atoms with van der Waals surface area (Å²) in [7, 11) is 2.04. The molecule has 0 aromatic carbocycles. The van der Waals surface area contributed by atoms with Crippen LogP contribution in [-0.4, -0.2) is 44.6 Å². The number of likely N-dealkylation sites (tertiary alicyclic amines) is 1. The van der Waals surface area contributed by atoms with E-state index in [1.54, 1.807) is 12.5 Å². The van der Waals surface area contributed by atoms with E-state index in [0.29, 0.717) is 11.7 Å². The molecule has 0 aliphatic carbocycles. The van der Waals surface area contributed by atoms with E-state index in [1.165, 1.54) is 0 Å². The Labute approximate surface area is 121 Å². The molecule has 7 nitrogen and oxygen atoms in total. The molecule has 1 saturated heterocycles. The number of hydrogen-bond acceptors (Lipinski definition) is 6. The Morgan fingerprint density at radius 3 is 3.14 bits per heavy atom. The molecule has 0 bridgehead atoms. The molecule has 21 heavy (non-hydrogen) atoms. The predicted octanol–water partition coefficient (Wildman–Crippen LogP) is 0.874. The number of pyridine rings is 1. The van der Waals surface area contributed by atoms with Crippen LogP contribution in [0.5, 0.6) is 0 Å². The van der Waals surface area contributed by atoms with Crippen molar-refractivity contribution in [3.05, 3.63) is 36.7 Å². The molecule has 7 heteroatoms. The van der Waals surface area contributed by atoms with Gasteiger partial charge in [-0.25, -0.2) is 4.98 Å². The van der Waals surface area contributed by atoms with Gasteiger partial charge in [-0.15, -0.1) is 0 Å². The first-order chi connectivity index (χ1) is 10.1. The Morgan fingerprint density at radius 1 is 1.43 bits per heavy atom. The Bertz CT molecular complexity index is 793. The van der Waals surface area contributed by atoms with Crippen LogP contribution in [0.3, 0.4) is 0 Å². The van der Waals surface area contributed by atoms with Crippen LogP contribution in [0.4, 0.5) is 0 Å². The van der Waals surface area contributed by atoms with Gasteiger partial charge in [0.2, 0.25) is 11.7 Å². The molecule has 0 radical (unpaired) electrons. The minimum absolute atomic E-state index is 0.509. The molecule has 0 saturated carbocycles. The van der Waals surface area contributed by atoms with Crippen molar-refractivity contribution in [2.45, 2.75) is 12.0 Å². The number of rotatable bonds is 2. The normalized spacial score (nSPS) is 23.1. The van der Waals surface area contributed by atoms with Crippen molar-refractivity contribution < 1.29 is 4.52 Å². The zero-order chi connectivity index (χ0) is 14.4. The van der Waals surface area contributed by atoms with Crippen LogP contribution in [0.15, 0.2) is 35.4 Å². The minimum Gasteiger partial charge on any atom is -0.337 e. The van der Waals surface area contributed by atoms with Gasteiger partial charge in [0, 0.05) is 24.8 Å². The molecule has 1 fully saturated rings. The van der Waals surface area contributed by atoms with E-state index in [2.05, 4.69) is 20.0 Å². The maximum Gasteiger partial charge on any atom is 0.248 e. The molecule has 1 atom stereocenters. The van der Waals surface area contributed by atoms with Gasteiger partial charge in [0.15, 0.2) is 0 Å². The van der Waals surface area contributed by atoms with Gasteiger partial charge in [-0.2, -0.15) is 4.98 Å². The van der Waals surface area contributed by atoms with E-state index in [-0.39, 0.29) is 0 Å². The number of hydrogen-bond donors (Lipinski definition) is 1. The number of nitrogens with two attached hydrogens (primary N) is 1. The van der Waals surface area contributed by atoms with Gasteiger partial charge in [-0.3, -0.25) is 0 Å². The number of nitrogens with zero attached hydrogens (tertiary/aromatic N) is 5. The highest BCUT2D eigenvalue weighted by Crippen LogP contribution is 2.29. The average molecular weight is 284 g/mol. The van der Waals surface area contributed by atoms with Gasteiger partial charge in [-0.1, -0.05) is 5.16 Å². The number of aromatic nitrogens is 4. The maximum absolute atomic E-state index is 6.38. The third-order valence-corrected chi connectivity index (χ3v) is 4.02. The van der Waals surface area contributed by atoms with Crippen molar-refractivity contribution in [3.63, 3.8) is 0 Å². The molecule has 3 aromatic rings. The van der Waals surface area contributed by atoms with Crippen molar-refractivity contribution in [3.8, 4) is 11.4 Å². The van der Waals surface area contributed by atoms with Crippen molar-refractivity contribution in [2.24, 2.45) is 5.73 Å². The van der Waals surface area contributed by atoms with Gasteiger partial charge in [0.1, 0.15) is 5.54 Å². The van der Waals surface area contributed by atoms with Gasteiger partial charge >= 0.3 is 0 Å². The van der Waals surface area contributed by atoms with Gasteiger partial charge in [0.05, 0.1) is 18.0 Å². The monoisotopic (exact) mass is 284 g/mol. The van der Waals surface area contributed by atoms with E-state index in [9.17, 15) is 0 Å². The summed E-state index contributed by atoms with van der Waals surface area (Å²) < 4.78 is 7.34. The molecule has 2 N–H and O–H groups in total. The van der Waals surface area contributed by atoms with Crippen LogP contribution in [0.2, 0.25) is 0 Å². The maximum atomic E-state index is 6.38. The second kappa shape index (κ2) is 4.37. The highest BCUT2D eigenvalue weighted by atomic mass is 16.5. The first-order valence-corrected chi connectivity index (χ1v) is 6.88. The zero-order valence-electron chi connectivity index (χ0n) is 11.7. The summed E-state index contributed by atoms with van der Waals surface area (Å²) in [6.45, 7) is 1.67. The average Bonchev–Trinajstić information content (AvgIpc) is 3.17. The molecule has 4 rings (SSSR count). The molecule has 3 aromatic heterocycles. The summed E-state index contributed by atoms with van der Waals surface area (Å²) in [5.41, 5.74) is 7.73. The first-order valence-electron chi connectivity index (χ1n) is 6.88. The van der Waals surface area contributed by atoms with Crippen molar-refractivity contribution in [1.29, 1.82) is 0 Å². The summed E-state index contributed by atoms with van der Waals surface area (Å²) in [5.74, 6) is 1.07. The van der Waals surface area contributed by atoms with Crippen LogP contribution >= 0.6 is 0 Å².